The maximum atomic E-state index is 10.8. The molecule has 0 amide bonds. The van der Waals surface area contributed by atoms with E-state index in [0.29, 0.717) is 23.0 Å². The number of halogens is 1. The summed E-state index contributed by atoms with van der Waals surface area (Å²) in [6.07, 6.45) is 7.33. The minimum absolute atomic E-state index is 0.0938. The second-order valence-corrected chi connectivity index (χ2v) is 9.70. The summed E-state index contributed by atoms with van der Waals surface area (Å²) in [5.41, 5.74) is 2.44. The van der Waals surface area contributed by atoms with Gasteiger partial charge in [-0.15, -0.1) is 0 Å². The zero-order chi connectivity index (χ0) is 21.9. The quantitative estimate of drug-likeness (QED) is 0.369. The molecule has 1 aliphatic carbocycles. The van der Waals surface area contributed by atoms with Crippen LogP contribution in [0.4, 0.5) is 11.5 Å². The minimum atomic E-state index is -0.387. The first-order valence-electron chi connectivity index (χ1n) is 10.8. The Hall–Kier alpha value is -2.21. The number of hydrogen-bond donors (Lipinski definition) is 1. The van der Waals surface area contributed by atoms with Crippen LogP contribution in [0.2, 0.25) is 5.02 Å². The number of hydrogen-bond acceptors (Lipinski definition) is 4. The van der Waals surface area contributed by atoms with E-state index in [1.54, 1.807) is 12.1 Å². The maximum Gasteiger partial charge on any atom is 0.289 e. The topological polar surface area (TPSA) is 71.9 Å². The summed E-state index contributed by atoms with van der Waals surface area (Å²) >= 11 is 6.73. The lowest BCUT2D eigenvalue weighted by molar-refractivity contribution is -0.698. The highest BCUT2D eigenvalue weighted by molar-refractivity contribution is 6.33. The van der Waals surface area contributed by atoms with Gasteiger partial charge in [0.05, 0.1) is 4.92 Å². The zero-order valence-electron chi connectivity index (χ0n) is 18.3. The zero-order valence-corrected chi connectivity index (χ0v) is 19.1. The van der Waals surface area contributed by atoms with Gasteiger partial charge in [-0.3, -0.25) is 10.1 Å². The van der Waals surface area contributed by atoms with E-state index in [4.69, 9.17) is 11.6 Å². The monoisotopic (exact) mass is 431 g/mol. The molecule has 3 rings (SSSR count). The van der Waals surface area contributed by atoms with Crippen molar-refractivity contribution in [1.82, 2.24) is 4.98 Å². The lowest BCUT2D eigenvalue weighted by Gasteiger charge is -2.37. The minimum Gasteiger partial charge on any atom is -0.345 e. The molecule has 162 valence electrons. The summed E-state index contributed by atoms with van der Waals surface area (Å²) in [4.78, 5) is 15.1. The SMILES string of the molecule is CCc1c(Cl)c(NC2CCC(C(C)(C)C)CC2)nc[n+]1Cc1ccc([N+](=O)[O-])cc1. The highest BCUT2D eigenvalue weighted by Crippen LogP contribution is 2.38. The van der Waals surface area contributed by atoms with Crippen LogP contribution in [0.3, 0.4) is 0 Å². The van der Waals surface area contributed by atoms with Gasteiger partial charge in [-0.25, -0.2) is 4.57 Å². The summed E-state index contributed by atoms with van der Waals surface area (Å²) < 4.78 is 2.02. The fourth-order valence-corrected chi connectivity index (χ4v) is 4.67. The summed E-state index contributed by atoms with van der Waals surface area (Å²) in [5.74, 6) is 1.53. The fourth-order valence-electron chi connectivity index (χ4n) is 4.33. The number of nitro groups is 1. The molecular formula is C23H32ClN4O2+. The van der Waals surface area contributed by atoms with Gasteiger partial charge in [-0.05, 0) is 59.7 Å². The highest BCUT2D eigenvalue weighted by atomic mass is 35.5. The Bertz CT molecular complexity index is 885. The van der Waals surface area contributed by atoms with Crippen LogP contribution < -0.4 is 9.88 Å². The van der Waals surface area contributed by atoms with Crippen LogP contribution in [-0.2, 0) is 13.0 Å². The molecule has 1 aromatic heterocycles. The lowest BCUT2D eigenvalue weighted by atomic mass is 9.71. The van der Waals surface area contributed by atoms with Gasteiger partial charge in [0, 0.05) is 24.6 Å². The Morgan fingerprint density at radius 1 is 1.20 bits per heavy atom. The molecule has 1 saturated carbocycles. The Morgan fingerprint density at radius 3 is 2.37 bits per heavy atom. The normalized spacial score (nSPS) is 19.5. The molecule has 6 nitrogen and oxygen atoms in total. The molecular weight excluding hydrogens is 400 g/mol. The van der Waals surface area contributed by atoms with E-state index in [2.05, 4.69) is 38.0 Å². The number of benzene rings is 1. The molecule has 1 heterocycles. The molecule has 0 unspecified atom stereocenters. The summed E-state index contributed by atoms with van der Waals surface area (Å²) in [7, 11) is 0. The van der Waals surface area contributed by atoms with Crippen molar-refractivity contribution in [2.24, 2.45) is 11.3 Å². The smallest absolute Gasteiger partial charge is 0.289 e. The van der Waals surface area contributed by atoms with Crippen molar-refractivity contribution in [3.63, 3.8) is 0 Å². The van der Waals surface area contributed by atoms with Crippen LogP contribution in [0, 0.1) is 21.4 Å². The van der Waals surface area contributed by atoms with E-state index in [0.717, 1.165) is 42.3 Å². The first-order valence-corrected chi connectivity index (χ1v) is 11.1. The molecule has 1 aliphatic rings. The van der Waals surface area contributed by atoms with E-state index in [1.807, 2.05) is 10.9 Å². The molecule has 7 heteroatoms. The summed E-state index contributed by atoms with van der Waals surface area (Å²) in [6.45, 7) is 9.64. The summed E-state index contributed by atoms with van der Waals surface area (Å²) in [5, 5.41) is 15.1. The van der Waals surface area contributed by atoms with Gasteiger partial charge in [0.2, 0.25) is 0 Å². The molecule has 1 fully saturated rings. The van der Waals surface area contributed by atoms with Crippen molar-refractivity contribution in [2.45, 2.75) is 72.4 Å². The number of nitro benzene ring substituents is 1. The van der Waals surface area contributed by atoms with Gasteiger partial charge in [-0.2, -0.15) is 0 Å². The first kappa shape index (κ1) is 22.5. The molecule has 1 aromatic carbocycles. The molecule has 30 heavy (non-hydrogen) atoms. The molecule has 0 spiro atoms. The van der Waals surface area contributed by atoms with Crippen LogP contribution in [0.15, 0.2) is 30.6 Å². The fraction of sp³-hybridized carbons (Fsp3) is 0.565. The van der Waals surface area contributed by atoms with Crippen LogP contribution in [-0.4, -0.2) is 15.9 Å². The van der Waals surface area contributed by atoms with E-state index in [9.17, 15) is 10.1 Å². The summed E-state index contributed by atoms with van der Waals surface area (Å²) in [6, 6.07) is 7.01. The van der Waals surface area contributed by atoms with Crippen molar-refractivity contribution >= 4 is 23.1 Å². The van der Waals surface area contributed by atoms with E-state index < -0.39 is 0 Å². The van der Waals surface area contributed by atoms with Crippen LogP contribution >= 0.6 is 11.6 Å². The molecule has 0 radical (unpaired) electrons. The molecule has 0 atom stereocenters. The number of nitrogens with one attached hydrogen (secondary N) is 1. The second-order valence-electron chi connectivity index (χ2n) is 9.32. The van der Waals surface area contributed by atoms with Crippen molar-refractivity contribution < 1.29 is 9.49 Å². The van der Waals surface area contributed by atoms with Crippen molar-refractivity contribution in [3.8, 4) is 0 Å². The second kappa shape index (κ2) is 9.29. The van der Waals surface area contributed by atoms with Crippen molar-refractivity contribution in [2.75, 3.05) is 5.32 Å². The number of anilines is 1. The van der Waals surface area contributed by atoms with Gasteiger partial charge in [0.1, 0.15) is 12.2 Å². The maximum absolute atomic E-state index is 10.8. The molecule has 1 N–H and O–H groups in total. The molecule has 0 bridgehead atoms. The third-order valence-electron chi connectivity index (χ3n) is 6.26. The van der Waals surface area contributed by atoms with Gasteiger partial charge in [0.15, 0.2) is 5.02 Å². The first-order chi connectivity index (χ1) is 14.2. The van der Waals surface area contributed by atoms with Crippen LogP contribution in [0.1, 0.15) is 64.6 Å². The predicted molar refractivity (Wildman–Crippen MR) is 120 cm³/mol. The van der Waals surface area contributed by atoms with Crippen LogP contribution in [0.25, 0.3) is 0 Å². The van der Waals surface area contributed by atoms with Gasteiger partial charge in [0.25, 0.3) is 17.8 Å². The average molecular weight is 432 g/mol. The number of aromatic nitrogens is 2. The van der Waals surface area contributed by atoms with Gasteiger partial charge < -0.3 is 5.32 Å². The highest BCUT2D eigenvalue weighted by Gasteiger charge is 2.31. The van der Waals surface area contributed by atoms with Crippen molar-refractivity contribution in [3.05, 3.63) is 57.0 Å². The Labute approximate surface area is 183 Å². The third kappa shape index (κ3) is 5.28. The number of rotatable bonds is 6. The lowest BCUT2D eigenvalue weighted by Crippen LogP contribution is -2.40. The Morgan fingerprint density at radius 2 is 1.83 bits per heavy atom. The Balaban J connectivity index is 1.71. The average Bonchev–Trinajstić information content (AvgIpc) is 2.70. The molecule has 2 aromatic rings. The molecule has 0 aliphatic heterocycles. The Kier molecular flexibility index (Phi) is 6.96. The number of non-ortho nitro benzene ring substituents is 1. The third-order valence-corrected chi connectivity index (χ3v) is 6.66. The molecule has 0 saturated heterocycles. The van der Waals surface area contributed by atoms with E-state index in [-0.39, 0.29) is 10.6 Å². The van der Waals surface area contributed by atoms with Gasteiger partial charge >= 0.3 is 0 Å². The predicted octanol–water partition coefficient (Wildman–Crippen LogP) is 5.56. The van der Waals surface area contributed by atoms with E-state index in [1.165, 1.54) is 25.0 Å². The van der Waals surface area contributed by atoms with Crippen molar-refractivity contribution in [1.29, 1.82) is 0 Å². The van der Waals surface area contributed by atoms with Gasteiger partial charge in [-0.1, -0.05) is 39.3 Å². The number of nitrogens with zero attached hydrogens (tertiary/aromatic N) is 3. The largest absolute Gasteiger partial charge is 0.345 e. The van der Waals surface area contributed by atoms with E-state index >= 15 is 0 Å². The standard InChI is InChI=1S/C23H31ClN4O2/c1-5-20-21(24)22(26-18-10-8-17(9-11-18)23(2,3)4)25-15-27(20)14-16-6-12-19(13-7-16)28(29)30/h6-7,12-13,15,17-18H,5,8-11,14H2,1-4H3/p+1. The van der Waals surface area contributed by atoms with Crippen LogP contribution in [0.5, 0.6) is 0 Å².